The van der Waals surface area contributed by atoms with E-state index in [1.54, 1.807) is 0 Å². The van der Waals surface area contributed by atoms with Crippen LogP contribution in [0.5, 0.6) is 23.0 Å². The van der Waals surface area contributed by atoms with Crippen LogP contribution in [-0.4, -0.2) is 4.98 Å². The zero-order valence-corrected chi connectivity index (χ0v) is 23.4. The van der Waals surface area contributed by atoms with Gasteiger partial charge in [0.15, 0.2) is 0 Å². The molecule has 0 saturated heterocycles. The first kappa shape index (κ1) is 23.2. The van der Waals surface area contributed by atoms with Crippen molar-refractivity contribution >= 4 is 49.5 Å². The van der Waals surface area contributed by atoms with Gasteiger partial charge in [-0.05, 0) is 63.0 Å². The summed E-state index contributed by atoms with van der Waals surface area (Å²) in [6.07, 6.45) is 0. The molecule has 6 aromatic carbocycles. The first-order valence-corrected chi connectivity index (χ1v) is 13.0. The minimum atomic E-state index is 0. The van der Waals surface area contributed by atoms with Crippen molar-refractivity contribution in [2.45, 2.75) is 0 Å². The summed E-state index contributed by atoms with van der Waals surface area (Å²) in [4.78, 5) is 7.18. The summed E-state index contributed by atoms with van der Waals surface area (Å²) < 4.78 is 13.2. The Morgan fingerprint density at radius 1 is 0.550 bits per heavy atom. The number of benzene rings is 6. The Morgan fingerprint density at radius 3 is 1.80 bits per heavy atom. The largest absolute Gasteiger partial charge is 0.473 e. The number of fused-ring (bicyclic) bond motifs is 7. The second kappa shape index (κ2) is 8.65. The molecule has 1 radical (unpaired) electrons. The van der Waals surface area contributed by atoms with Crippen molar-refractivity contribution in [1.82, 2.24) is 4.98 Å². The number of nitrogens with zero attached hydrogens (tertiary/aromatic N) is 2. The van der Waals surface area contributed by atoms with Gasteiger partial charge in [-0.1, -0.05) is 91.0 Å². The molecule has 191 valence electrons. The van der Waals surface area contributed by atoms with Crippen molar-refractivity contribution in [3.05, 3.63) is 121 Å². The van der Waals surface area contributed by atoms with Crippen molar-refractivity contribution < 1.29 is 29.6 Å². The van der Waals surface area contributed by atoms with Crippen molar-refractivity contribution in [2.24, 2.45) is 0 Å². The summed E-state index contributed by atoms with van der Waals surface area (Å²) in [5, 5.41) is 5.66. The van der Waals surface area contributed by atoms with E-state index in [1.807, 2.05) is 30.3 Å². The third-order valence-corrected chi connectivity index (χ3v) is 7.64. The van der Waals surface area contributed by atoms with Gasteiger partial charge in [0.05, 0.1) is 28.4 Å². The normalized spacial score (nSPS) is 12.7. The third-order valence-electron chi connectivity index (χ3n) is 7.64. The van der Waals surface area contributed by atoms with Crippen LogP contribution in [0.25, 0.3) is 43.7 Å². The van der Waals surface area contributed by atoms with Crippen molar-refractivity contribution in [2.75, 3.05) is 4.90 Å². The average molecular weight is 692 g/mol. The van der Waals surface area contributed by atoms with Crippen LogP contribution < -0.4 is 14.4 Å². The summed E-state index contributed by atoms with van der Waals surface area (Å²) in [6.45, 7) is 0. The van der Waals surface area contributed by atoms with E-state index in [2.05, 4.69) is 95.9 Å². The van der Waals surface area contributed by atoms with Gasteiger partial charge >= 0.3 is 0 Å². The summed E-state index contributed by atoms with van der Waals surface area (Å²) in [5.74, 6) is 2.93. The van der Waals surface area contributed by atoms with E-state index >= 15 is 0 Å². The maximum Gasteiger partial charge on any atom is 0.148 e. The van der Waals surface area contributed by atoms with E-state index in [0.29, 0.717) is 5.75 Å². The molecule has 40 heavy (non-hydrogen) atoms. The Bertz CT molecular complexity index is 2050. The molecule has 0 unspecified atom stereocenters. The van der Waals surface area contributed by atoms with Crippen LogP contribution in [0.3, 0.4) is 0 Å². The van der Waals surface area contributed by atoms with Gasteiger partial charge in [0.25, 0.3) is 0 Å². The topological polar surface area (TPSA) is 34.6 Å². The number of hydrogen-bond donors (Lipinski definition) is 0. The van der Waals surface area contributed by atoms with E-state index in [0.717, 1.165) is 78.0 Å². The Kier molecular flexibility index (Phi) is 5.02. The van der Waals surface area contributed by atoms with Crippen LogP contribution in [-0.2, 0) is 20.1 Å². The molecule has 0 N–H and O–H groups in total. The molecule has 9 rings (SSSR count). The van der Waals surface area contributed by atoms with Crippen LogP contribution >= 0.6 is 0 Å². The van der Waals surface area contributed by atoms with Gasteiger partial charge in [-0.3, -0.25) is 4.98 Å². The number of anilines is 3. The van der Waals surface area contributed by atoms with Gasteiger partial charge in [0.1, 0.15) is 11.5 Å². The second-order valence-electron chi connectivity index (χ2n) is 9.99. The molecule has 5 heteroatoms. The minimum absolute atomic E-state index is 0. The monoisotopic (exact) mass is 692 g/mol. The first-order chi connectivity index (χ1) is 19.3. The molecular weight excluding hydrogens is 673 g/mol. The number of pyridine rings is 1. The third kappa shape index (κ3) is 3.39. The summed E-state index contributed by atoms with van der Waals surface area (Å²) in [7, 11) is 0. The van der Waals surface area contributed by atoms with Crippen molar-refractivity contribution in [3.8, 4) is 34.3 Å². The summed E-state index contributed by atoms with van der Waals surface area (Å²) in [6, 6.07) is 43.1. The SMILES string of the molecule is [Ir].[c-]1c(-c2ccc3ccccc3n2)cc2c3c1Oc1cc4ccccc4cc1N3c1cc3ccccc3cc1O2. The van der Waals surface area contributed by atoms with E-state index in [1.165, 1.54) is 0 Å². The minimum Gasteiger partial charge on any atom is -0.473 e. The Labute approximate surface area is 243 Å². The molecule has 4 nitrogen and oxygen atoms in total. The van der Waals surface area contributed by atoms with Gasteiger partial charge in [0, 0.05) is 25.8 Å². The number of rotatable bonds is 1. The van der Waals surface area contributed by atoms with E-state index in [4.69, 9.17) is 14.5 Å². The van der Waals surface area contributed by atoms with Crippen LogP contribution in [0, 0.1) is 6.07 Å². The maximum absolute atomic E-state index is 6.62. The van der Waals surface area contributed by atoms with Crippen molar-refractivity contribution in [3.63, 3.8) is 0 Å². The van der Waals surface area contributed by atoms with Gasteiger partial charge in [-0.2, -0.15) is 0 Å². The number of para-hydroxylation sites is 1. The smallest absolute Gasteiger partial charge is 0.148 e. The molecule has 1 aromatic heterocycles. The van der Waals surface area contributed by atoms with E-state index < -0.39 is 0 Å². The predicted molar refractivity (Wildman–Crippen MR) is 156 cm³/mol. The van der Waals surface area contributed by atoms with Gasteiger partial charge in [0.2, 0.25) is 0 Å². The summed E-state index contributed by atoms with van der Waals surface area (Å²) >= 11 is 0. The van der Waals surface area contributed by atoms with Gasteiger partial charge in [-0.25, -0.2) is 0 Å². The van der Waals surface area contributed by atoms with Crippen LogP contribution in [0.15, 0.2) is 115 Å². The number of aromatic nitrogens is 1. The fourth-order valence-electron chi connectivity index (χ4n) is 5.77. The van der Waals surface area contributed by atoms with E-state index in [-0.39, 0.29) is 20.1 Å². The number of hydrogen-bond acceptors (Lipinski definition) is 4. The van der Waals surface area contributed by atoms with Crippen LogP contribution in [0.2, 0.25) is 0 Å². The van der Waals surface area contributed by atoms with Gasteiger partial charge in [-0.15, -0.1) is 5.56 Å². The quantitative estimate of drug-likeness (QED) is 0.161. The average Bonchev–Trinajstić information content (AvgIpc) is 2.98. The molecule has 0 aliphatic carbocycles. The standard InChI is InChI=1S/C35H19N2O2.Ir/c1-3-10-24-17-31-29(15-22(24)8-1)37-30-16-23-9-2-4-11-25(23)18-32(30)39-34-20-26(19-33(38-31)35(34)37)28-14-13-21-7-5-6-12-27(21)36-28;/h1-19H;/q-1;. The molecule has 0 fully saturated rings. The Hall–Kier alpha value is -4.70. The number of ether oxygens (including phenoxy) is 2. The first-order valence-electron chi connectivity index (χ1n) is 13.0. The predicted octanol–water partition coefficient (Wildman–Crippen LogP) is 9.69. The zero-order valence-electron chi connectivity index (χ0n) is 21.0. The summed E-state index contributed by atoms with van der Waals surface area (Å²) in [5.41, 5.74) is 5.39. The molecule has 2 aliphatic rings. The Balaban J connectivity index is 0.00000245. The molecular formula is C35H19IrN2O2-. The molecule has 0 spiro atoms. The fourth-order valence-corrected chi connectivity index (χ4v) is 5.77. The van der Waals surface area contributed by atoms with Crippen molar-refractivity contribution in [1.29, 1.82) is 0 Å². The molecule has 0 bridgehead atoms. The Morgan fingerprint density at radius 2 is 1.12 bits per heavy atom. The molecule has 0 amide bonds. The zero-order chi connectivity index (χ0) is 25.5. The van der Waals surface area contributed by atoms with Crippen LogP contribution in [0.1, 0.15) is 0 Å². The molecule has 3 heterocycles. The molecule has 7 aromatic rings. The molecule has 2 aliphatic heterocycles. The van der Waals surface area contributed by atoms with Gasteiger partial charge < -0.3 is 14.4 Å². The fraction of sp³-hybridized carbons (Fsp3) is 0. The maximum atomic E-state index is 6.62. The second-order valence-corrected chi connectivity index (χ2v) is 9.99. The van der Waals surface area contributed by atoms with Crippen LogP contribution in [0.4, 0.5) is 17.1 Å². The van der Waals surface area contributed by atoms with E-state index in [9.17, 15) is 0 Å². The molecule has 0 atom stereocenters. The molecule has 0 saturated carbocycles.